The topological polar surface area (TPSA) is 77.2 Å². The number of aromatic nitrogens is 1. The Kier molecular flexibility index (Phi) is 4.92. The smallest absolute Gasteiger partial charge is 0.263 e. The maximum absolute atomic E-state index is 12.1. The van der Waals surface area contributed by atoms with Crippen molar-refractivity contribution in [2.75, 3.05) is 25.5 Å². The van der Waals surface area contributed by atoms with Gasteiger partial charge in [-0.25, -0.2) is 0 Å². The summed E-state index contributed by atoms with van der Waals surface area (Å²) in [6.07, 6.45) is 3.39. The van der Waals surface area contributed by atoms with Gasteiger partial charge in [-0.1, -0.05) is 13.8 Å². The van der Waals surface area contributed by atoms with Gasteiger partial charge in [0.2, 0.25) is 0 Å². The number of thiophene rings is 1. The molecule has 108 valence electrons. The van der Waals surface area contributed by atoms with E-state index < -0.39 is 0 Å². The normalized spacial score (nSPS) is 11.2. The monoisotopic (exact) mass is 293 g/mol. The van der Waals surface area contributed by atoms with Crippen LogP contribution in [-0.2, 0) is 4.74 Å². The number of nitrogen functional groups attached to an aromatic ring is 1. The highest BCUT2D eigenvalue weighted by Gasteiger charge is 2.15. The zero-order valence-electron chi connectivity index (χ0n) is 11.7. The first-order valence-electron chi connectivity index (χ1n) is 6.57. The Morgan fingerprint density at radius 1 is 1.55 bits per heavy atom. The molecular weight excluding hydrogens is 274 g/mol. The van der Waals surface area contributed by atoms with Crippen molar-refractivity contribution in [2.24, 2.45) is 5.92 Å². The maximum atomic E-state index is 12.1. The molecule has 2 heterocycles. The van der Waals surface area contributed by atoms with Crippen molar-refractivity contribution in [3.63, 3.8) is 0 Å². The number of hydrogen-bond acceptors (Lipinski definition) is 5. The van der Waals surface area contributed by atoms with Crippen LogP contribution in [0, 0.1) is 5.92 Å². The molecule has 5 nitrogen and oxygen atoms in total. The lowest BCUT2D eigenvalue weighted by molar-refractivity contribution is 0.0890. The number of nitrogens with two attached hydrogens (primary N) is 1. The van der Waals surface area contributed by atoms with E-state index in [1.165, 1.54) is 11.3 Å². The van der Waals surface area contributed by atoms with Crippen molar-refractivity contribution < 1.29 is 9.53 Å². The minimum atomic E-state index is -0.156. The third kappa shape index (κ3) is 3.46. The summed E-state index contributed by atoms with van der Waals surface area (Å²) in [5.74, 6) is 0.341. The number of hydrogen-bond donors (Lipinski definition) is 2. The first-order chi connectivity index (χ1) is 9.59. The number of fused-ring (bicyclic) bond motifs is 1. The molecule has 0 saturated heterocycles. The van der Waals surface area contributed by atoms with Gasteiger partial charge in [0.25, 0.3) is 5.91 Å². The van der Waals surface area contributed by atoms with Gasteiger partial charge >= 0.3 is 0 Å². The van der Waals surface area contributed by atoms with Crippen molar-refractivity contribution in [2.45, 2.75) is 13.8 Å². The van der Waals surface area contributed by atoms with E-state index in [9.17, 15) is 4.79 Å². The Bertz CT molecular complexity index is 595. The van der Waals surface area contributed by atoms with Crippen LogP contribution in [-0.4, -0.2) is 30.6 Å². The van der Waals surface area contributed by atoms with E-state index in [4.69, 9.17) is 10.5 Å². The Morgan fingerprint density at radius 3 is 3.05 bits per heavy atom. The number of ether oxygens (including phenoxy) is 1. The molecule has 0 aliphatic carbocycles. The highest BCUT2D eigenvalue weighted by atomic mass is 32.1. The first kappa shape index (κ1) is 14.7. The summed E-state index contributed by atoms with van der Waals surface area (Å²) in [7, 11) is 0. The molecule has 6 heteroatoms. The van der Waals surface area contributed by atoms with Crippen LogP contribution in [0.4, 0.5) is 5.69 Å². The van der Waals surface area contributed by atoms with E-state index in [2.05, 4.69) is 24.1 Å². The Balaban J connectivity index is 1.93. The van der Waals surface area contributed by atoms with Gasteiger partial charge in [0.1, 0.15) is 4.88 Å². The van der Waals surface area contributed by atoms with Crippen LogP contribution < -0.4 is 11.1 Å². The van der Waals surface area contributed by atoms with E-state index in [1.54, 1.807) is 12.4 Å². The quantitative estimate of drug-likeness (QED) is 0.801. The molecule has 0 spiro atoms. The van der Waals surface area contributed by atoms with E-state index >= 15 is 0 Å². The maximum Gasteiger partial charge on any atom is 0.263 e. The molecule has 0 bridgehead atoms. The van der Waals surface area contributed by atoms with Crippen molar-refractivity contribution in [3.05, 3.63) is 23.3 Å². The number of rotatable bonds is 6. The third-order valence-electron chi connectivity index (χ3n) is 2.72. The fraction of sp³-hybridized carbons (Fsp3) is 0.429. The molecule has 3 N–H and O–H groups in total. The van der Waals surface area contributed by atoms with Gasteiger partial charge in [-0.3, -0.25) is 9.78 Å². The molecule has 0 aliphatic heterocycles. The van der Waals surface area contributed by atoms with Crippen LogP contribution in [0.5, 0.6) is 0 Å². The van der Waals surface area contributed by atoms with Gasteiger partial charge in [-0.05, 0) is 12.0 Å². The average Bonchev–Trinajstić information content (AvgIpc) is 2.76. The van der Waals surface area contributed by atoms with Crippen LogP contribution >= 0.6 is 11.3 Å². The van der Waals surface area contributed by atoms with E-state index in [0.29, 0.717) is 36.2 Å². The summed E-state index contributed by atoms with van der Waals surface area (Å²) < 4.78 is 6.34. The second-order valence-electron chi connectivity index (χ2n) is 4.94. The fourth-order valence-electron chi connectivity index (χ4n) is 1.78. The zero-order valence-corrected chi connectivity index (χ0v) is 12.5. The zero-order chi connectivity index (χ0) is 14.5. The lowest BCUT2D eigenvalue weighted by Crippen LogP contribution is -2.27. The van der Waals surface area contributed by atoms with Crippen molar-refractivity contribution >= 4 is 33.0 Å². The van der Waals surface area contributed by atoms with Crippen LogP contribution in [0.3, 0.4) is 0 Å². The molecular formula is C14H19N3O2S. The summed E-state index contributed by atoms with van der Waals surface area (Å²) in [5, 5.41) is 3.70. The van der Waals surface area contributed by atoms with Gasteiger partial charge in [-0.15, -0.1) is 11.3 Å². The predicted molar refractivity (Wildman–Crippen MR) is 82.0 cm³/mol. The highest BCUT2D eigenvalue weighted by molar-refractivity contribution is 7.21. The Hall–Kier alpha value is -1.66. The van der Waals surface area contributed by atoms with Crippen LogP contribution in [0.1, 0.15) is 23.5 Å². The molecule has 0 radical (unpaired) electrons. The van der Waals surface area contributed by atoms with Gasteiger partial charge < -0.3 is 15.8 Å². The van der Waals surface area contributed by atoms with E-state index in [-0.39, 0.29) is 5.91 Å². The molecule has 0 unspecified atom stereocenters. The Morgan fingerprint density at radius 2 is 2.35 bits per heavy atom. The number of nitrogens with one attached hydrogen (secondary N) is 1. The molecule has 0 aliphatic rings. The molecule has 20 heavy (non-hydrogen) atoms. The average molecular weight is 293 g/mol. The second-order valence-corrected chi connectivity index (χ2v) is 5.99. The Labute approximate surface area is 122 Å². The molecule has 0 aromatic carbocycles. The number of carbonyl (C=O) groups excluding carboxylic acids is 1. The van der Waals surface area contributed by atoms with Gasteiger partial charge in [0, 0.05) is 30.9 Å². The van der Waals surface area contributed by atoms with Crippen LogP contribution in [0.15, 0.2) is 18.5 Å². The molecule has 0 atom stereocenters. The highest BCUT2D eigenvalue weighted by Crippen LogP contribution is 2.32. The summed E-state index contributed by atoms with van der Waals surface area (Å²) in [6, 6.07) is 1.82. The van der Waals surface area contributed by atoms with Gasteiger partial charge in [-0.2, -0.15) is 0 Å². The molecule has 2 aromatic rings. The minimum Gasteiger partial charge on any atom is -0.397 e. The summed E-state index contributed by atoms with van der Waals surface area (Å²) in [5.41, 5.74) is 6.52. The predicted octanol–water partition coefficient (Wildman–Crippen LogP) is 2.28. The molecule has 0 fully saturated rings. The fourth-order valence-corrected chi connectivity index (χ4v) is 2.78. The van der Waals surface area contributed by atoms with Gasteiger partial charge in [0.15, 0.2) is 0 Å². The largest absolute Gasteiger partial charge is 0.397 e. The molecule has 2 rings (SSSR count). The number of anilines is 1. The second kappa shape index (κ2) is 6.67. The number of amides is 1. The molecule has 1 amide bonds. The number of pyridine rings is 1. The standard InChI is InChI=1S/C14H19N3O2S/c1-9(2)8-19-6-5-17-14(18)13-12(15)10-3-4-16-7-11(10)20-13/h3-4,7,9H,5-6,8,15H2,1-2H3,(H,17,18). The van der Waals surface area contributed by atoms with E-state index in [0.717, 1.165) is 10.1 Å². The lowest BCUT2D eigenvalue weighted by atomic mass is 10.2. The molecule has 0 saturated carbocycles. The SMILES string of the molecule is CC(C)COCCNC(=O)c1sc2cnccc2c1N. The number of nitrogens with zero attached hydrogens (tertiary/aromatic N) is 1. The first-order valence-corrected chi connectivity index (χ1v) is 7.39. The molecule has 2 aromatic heterocycles. The summed E-state index contributed by atoms with van der Waals surface area (Å²) >= 11 is 1.36. The third-order valence-corrected chi connectivity index (χ3v) is 3.88. The summed E-state index contributed by atoms with van der Waals surface area (Å²) in [6.45, 7) is 5.87. The van der Waals surface area contributed by atoms with E-state index in [1.807, 2.05) is 6.07 Å². The van der Waals surface area contributed by atoms with Gasteiger partial charge in [0.05, 0.1) is 17.0 Å². The minimum absolute atomic E-state index is 0.156. The van der Waals surface area contributed by atoms with Crippen LogP contribution in [0.2, 0.25) is 0 Å². The summed E-state index contributed by atoms with van der Waals surface area (Å²) in [4.78, 5) is 16.6. The van der Waals surface area contributed by atoms with Crippen LogP contribution in [0.25, 0.3) is 10.1 Å². The van der Waals surface area contributed by atoms with Crippen molar-refractivity contribution in [3.8, 4) is 0 Å². The number of carbonyl (C=O) groups is 1. The lowest BCUT2D eigenvalue weighted by Gasteiger charge is -2.07. The van der Waals surface area contributed by atoms with Crippen molar-refractivity contribution in [1.82, 2.24) is 10.3 Å². The van der Waals surface area contributed by atoms with Crippen molar-refractivity contribution in [1.29, 1.82) is 0 Å².